The van der Waals surface area contributed by atoms with E-state index in [9.17, 15) is 9.90 Å². The third-order valence-corrected chi connectivity index (χ3v) is 4.11. The number of anilines is 3. The molecule has 21 heavy (non-hydrogen) atoms. The van der Waals surface area contributed by atoms with E-state index in [-0.39, 0.29) is 18.4 Å². The second-order valence-corrected chi connectivity index (χ2v) is 5.76. The van der Waals surface area contributed by atoms with Gasteiger partial charge in [0.15, 0.2) is 0 Å². The van der Waals surface area contributed by atoms with Crippen LogP contribution in [-0.2, 0) is 4.79 Å². The molecule has 0 aromatic carbocycles. The molecule has 0 radical (unpaired) electrons. The normalized spacial score (nSPS) is 22.9. The van der Waals surface area contributed by atoms with Gasteiger partial charge in [0, 0.05) is 44.6 Å². The Kier molecular flexibility index (Phi) is 3.92. The number of carbonyl (C=O) groups excluding carboxylic acids is 1. The Hall–Kier alpha value is -1.89. The molecule has 0 aliphatic carbocycles. The summed E-state index contributed by atoms with van der Waals surface area (Å²) in [6, 6.07) is 1.76. The highest BCUT2D eigenvalue weighted by molar-refractivity contribution is 5.94. The van der Waals surface area contributed by atoms with Crippen LogP contribution in [0.4, 0.5) is 17.6 Å². The van der Waals surface area contributed by atoms with E-state index in [1.807, 2.05) is 0 Å². The molecule has 3 heterocycles. The van der Waals surface area contributed by atoms with Gasteiger partial charge in [0.25, 0.3) is 0 Å². The van der Waals surface area contributed by atoms with Crippen molar-refractivity contribution >= 4 is 23.5 Å². The zero-order chi connectivity index (χ0) is 14.8. The van der Waals surface area contributed by atoms with Crippen LogP contribution in [0.15, 0.2) is 6.07 Å². The molecule has 7 nitrogen and oxygen atoms in total. The number of hydrogen-bond acceptors (Lipinski definition) is 6. The number of nitrogens with zero attached hydrogens (tertiary/aromatic N) is 4. The summed E-state index contributed by atoms with van der Waals surface area (Å²) in [5, 5.41) is 9.21. The number of nitrogens with two attached hydrogens (primary N) is 1. The first-order valence-corrected chi connectivity index (χ1v) is 7.48. The van der Waals surface area contributed by atoms with Crippen molar-refractivity contribution in [2.24, 2.45) is 5.92 Å². The molecule has 3 N–H and O–H groups in total. The summed E-state index contributed by atoms with van der Waals surface area (Å²) in [4.78, 5) is 24.5. The Morgan fingerprint density at radius 1 is 1.29 bits per heavy atom. The van der Waals surface area contributed by atoms with E-state index in [1.165, 1.54) is 11.3 Å². The lowest BCUT2D eigenvalue weighted by atomic mass is 10.1. The zero-order valence-corrected chi connectivity index (χ0v) is 12.0. The van der Waals surface area contributed by atoms with Gasteiger partial charge in [0.05, 0.1) is 0 Å². The Morgan fingerprint density at radius 2 is 2.05 bits per heavy atom. The molecule has 1 atom stereocenters. The molecule has 2 saturated heterocycles. The Bertz CT molecular complexity index is 530. The van der Waals surface area contributed by atoms with Gasteiger partial charge in [-0.05, 0) is 19.3 Å². The van der Waals surface area contributed by atoms with Gasteiger partial charge >= 0.3 is 0 Å². The summed E-state index contributed by atoms with van der Waals surface area (Å²) in [7, 11) is 0. The SMILES string of the molecule is Nc1cc(N2CCCCC2)nc(N2CC(CO)CC2=O)n1. The molecule has 2 aliphatic heterocycles. The van der Waals surface area contributed by atoms with E-state index in [4.69, 9.17) is 5.73 Å². The molecule has 2 fully saturated rings. The van der Waals surface area contributed by atoms with Crippen LogP contribution in [0.5, 0.6) is 0 Å². The number of rotatable bonds is 3. The van der Waals surface area contributed by atoms with Gasteiger partial charge < -0.3 is 15.7 Å². The highest BCUT2D eigenvalue weighted by atomic mass is 16.3. The van der Waals surface area contributed by atoms with E-state index in [2.05, 4.69) is 14.9 Å². The summed E-state index contributed by atoms with van der Waals surface area (Å²) < 4.78 is 0. The molecular weight excluding hydrogens is 270 g/mol. The fourth-order valence-electron chi connectivity index (χ4n) is 2.94. The van der Waals surface area contributed by atoms with Gasteiger partial charge in [-0.2, -0.15) is 9.97 Å². The molecule has 0 spiro atoms. The topological polar surface area (TPSA) is 95.6 Å². The largest absolute Gasteiger partial charge is 0.396 e. The monoisotopic (exact) mass is 291 g/mol. The van der Waals surface area contributed by atoms with Gasteiger partial charge in [-0.15, -0.1) is 0 Å². The minimum Gasteiger partial charge on any atom is -0.396 e. The minimum absolute atomic E-state index is 0.00351. The van der Waals surface area contributed by atoms with Crippen LogP contribution in [0.2, 0.25) is 0 Å². The van der Waals surface area contributed by atoms with Crippen molar-refractivity contribution in [3.8, 4) is 0 Å². The third-order valence-electron chi connectivity index (χ3n) is 4.11. The van der Waals surface area contributed by atoms with E-state index in [1.54, 1.807) is 6.07 Å². The number of aromatic nitrogens is 2. The van der Waals surface area contributed by atoms with Gasteiger partial charge in [0.1, 0.15) is 11.6 Å². The third kappa shape index (κ3) is 2.92. The predicted octanol–water partition coefficient (Wildman–Crippen LogP) is 0.394. The standard InChI is InChI=1S/C14H21N5O2/c15-11-7-12(18-4-2-1-3-5-18)17-14(16-11)19-8-10(9-20)6-13(19)21/h7,10,20H,1-6,8-9H2,(H2,15,16,17). The van der Waals surface area contributed by atoms with Crippen LogP contribution in [0.25, 0.3) is 0 Å². The molecule has 1 aromatic heterocycles. The van der Waals surface area contributed by atoms with Crippen molar-refractivity contribution in [3.63, 3.8) is 0 Å². The van der Waals surface area contributed by atoms with Gasteiger partial charge in [-0.3, -0.25) is 9.69 Å². The second kappa shape index (κ2) is 5.85. The maximum absolute atomic E-state index is 12.0. The summed E-state index contributed by atoms with van der Waals surface area (Å²) in [5.41, 5.74) is 5.88. The average Bonchev–Trinajstić information content (AvgIpc) is 2.89. The van der Waals surface area contributed by atoms with Crippen molar-refractivity contribution in [1.29, 1.82) is 0 Å². The number of hydrogen-bond donors (Lipinski definition) is 2. The van der Waals surface area contributed by atoms with E-state index in [0.717, 1.165) is 31.7 Å². The van der Waals surface area contributed by atoms with E-state index in [0.29, 0.717) is 24.7 Å². The van der Waals surface area contributed by atoms with Crippen LogP contribution in [-0.4, -0.2) is 47.2 Å². The quantitative estimate of drug-likeness (QED) is 0.836. The summed E-state index contributed by atoms with van der Waals surface area (Å²) in [5.74, 6) is 1.43. The molecule has 7 heteroatoms. The molecule has 2 aliphatic rings. The molecule has 0 bridgehead atoms. The predicted molar refractivity (Wildman–Crippen MR) is 80.1 cm³/mol. The number of nitrogen functional groups attached to an aromatic ring is 1. The van der Waals surface area contributed by atoms with Crippen LogP contribution in [0, 0.1) is 5.92 Å². The van der Waals surface area contributed by atoms with Crippen LogP contribution >= 0.6 is 0 Å². The highest BCUT2D eigenvalue weighted by Crippen LogP contribution is 2.26. The smallest absolute Gasteiger partial charge is 0.236 e. The summed E-state index contributed by atoms with van der Waals surface area (Å²) in [6.45, 7) is 2.38. The number of aliphatic hydroxyl groups excluding tert-OH is 1. The van der Waals surface area contributed by atoms with E-state index < -0.39 is 0 Å². The van der Waals surface area contributed by atoms with Crippen molar-refractivity contribution < 1.29 is 9.90 Å². The fourth-order valence-corrected chi connectivity index (χ4v) is 2.94. The average molecular weight is 291 g/mol. The molecule has 114 valence electrons. The van der Waals surface area contributed by atoms with Crippen molar-refractivity contribution in [3.05, 3.63) is 6.07 Å². The van der Waals surface area contributed by atoms with Crippen molar-refractivity contribution in [2.75, 3.05) is 41.8 Å². The molecule has 1 aromatic rings. The molecule has 1 amide bonds. The van der Waals surface area contributed by atoms with Crippen LogP contribution in [0.1, 0.15) is 25.7 Å². The number of carbonyl (C=O) groups is 1. The maximum Gasteiger partial charge on any atom is 0.236 e. The molecule has 3 rings (SSSR count). The Balaban J connectivity index is 1.85. The van der Waals surface area contributed by atoms with E-state index >= 15 is 0 Å². The van der Waals surface area contributed by atoms with Crippen LogP contribution in [0.3, 0.4) is 0 Å². The fraction of sp³-hybridized carbons (Fsp3) is 0.643. The van der Waals surface area contributed by atoms with Gasteiger partial charge in [-0.25, -0.2) is 0 Å². The summed E-state index contributed by atoms with van der Waals surface area (Å²) >= 11 is 0. The lowest BCUT2D eigenvalue weighted by Gasteiger charge is -2.28. The lowest BCUT2D eigenvalue weighted by molar-refractivity contribution is -0.117. The second-order valence-electron chi connectivity index (χ2n) is 5.76. The van der Waals surface area contributed by atoms with Crippen molar-refractivity contribution in [2.45, 2.75) is 25.7 Å². The Morgan fingerprint density at radius 3 is 2.71 bits per heavy atom. The first-order chi connectivity index (χ1) is 10.2. The lowest BCUT2D eigenvalue weighted by Crippen LogP contribution is -2.32. The Labute approximate surface area is 123 Å². The first-order valence-electron chi connectivity index (χ1n) is 7.48. The van der Waals surface area contributed by atoms with Crippen molar-refractivity contribution in [1.82, 2.24) is 9.97 Å². The first kappa shape index (κ1) is 14.1. The number of aliphatic hydroxyl groups is 1. The zero-order valence-electron chi connectivity index (χ0n) is 12.0. The van der Waals surface area contributed by atoms with Crippen LogP contribution < -0.4 is 15.5 Å². The molecule has 1 unspecified atom stereocenters. The number of piperidine rings is 1. The molecule has 0 saturated carbocycles. The summed E-state index contributed by atoms with van der Waals surface area (Å²) in [6.07, 6.45) is 3.88. The van der Waals surface area contributed by atoms with Gasteiger partial charge in [-0.1, -0.05) is 0 Å². The number of amides is 1. The maximum atomic E-state index is 12.0. The highest BCUT2D eigenvalue weighted by Gasteiger charge is 2.32. The van der Waals surface area contributed by atoms with Gasteiger partial charge in [0.2, 0.25) is 11.9 Å². The minimum atomic E-state index is -0.0516. The molecular formula is C14H21N5O2.